The highest BCUT2D eigenvalue weighted by molar-refractivity contribution is 7.45. The number of unbranched alkanes of at least 4 members (excludes halogenated alkanes) is 39. The molecular weight excluding hydrogens is 840 g/mol. The third kappa shape index (κ3) is 51.1. The molecule has 0 spiro atoms. The highest BCUT2D eigenvalue weighted by atomic mass is 31.2. The number of carbonyl (C=O) groups is 1. The van der Waals surface area contributed by atoms with E-state index in [0.29, 0.717) is 23.9 Å². The van der Waals surface area contributed by atoms with Gasteiger partial charge >= 0.3 is 0 Å². The van der Waals surface area contributed by atoms with Crippen LogP contribution in [0.25, 0.3) is 0 Å². The van der Waals surface area contributed by atoms with Gasteiger partial charge in [0.1, 0.15) is 13.2 Å². The molecule has 0 aromatic rings. The molecule has 0 heterocycles. The van der Waals surface area contributed by atoms with E-state index < -0.39 is 20.0 Å². The summed E-state index contributed by atoms with van der Waals surface area (Å²) in [5.41, 5.74) is 0. The van der Waals surface area contributed by atoms with E-state index in [1.165, 1.54) is 218 Å². The van der Waals surface area contributed by atoms with Crippen molar-refractivity contribution in [1.82, 2.24) is 5.32 Å². The molecular formula is C57H115N2O6P. The molecule has 0 aromatic heterocycles. The first-order valence-corrected chi connectivity index (χ1v) is 30.5. The number of amides is 1. The number of phosphoric acid groups is 1. The van der Waals surface area contributed by atoms with Crippen molar-refractivity contribution in [2.45, 2.75) is 309 Å². The molecule has 2 N–H and O–H groups in total. The molecule has 0 bridgehead atoms. The number of rotatable bonds is 54. The number of hydrogen-bond donors (Lipinski definition) is 2. The molecule has 0 aliphatic heterocycles. The number of quaternary nitrogens is 1. The molecule has 3 atom stereocenters. The third-order valence-electron chi connectivity index (χ3n) is 13.5. The van der Waals surface area contributed by atoms with Gasteiger partial charge < -0.3 is 28.8 Å². The molecule has 0 aromatic carbocycles. The number of nitrogens with zero attached hydrogens (tertiary/aromatic N) is 1. The summed E-state index contributed by atoms with van der Waals surface area (Å²) in [7, 11) is 1.31. The minimum absolute atomic E-state index is 0.0129. The molecule has 3 unspecified atom stereocenters. The molecule has 0 aliphatic rings. The fourth-order valence-corrected chi connectivity index (χ4v) is 9.64. The van der Waals surface area contributed by atoms with Crippen molar-refractivity contribution in [3.05, 3.63) is 12.2 Å². The van der Waals surface area contributed by atoms with Crippen LogP contribution in [0.1, 0.15) is 296 Å². The van der Waals surface area contributed by atoms with Crippen LogP contribution in [0.4, 0.5) is 0 Å². The fourth-order valence-electron chi connectivity index (χ4n) is 8.92. The zero-order valence-electron chi connectivity index (χ0n) is 44.9. The maximum absolute atomic E-state index is 12.9. The predicted octanol–water partition coefficient (Wildman–Crippen LogP) is 16.8. The van der Waals surface area contributed by atoms with Crippen LogP contribution in [-0.4, -0.2) is 68.5 Å². The van der Waals surface area contributed by atoms with E-state index >= 15 is 0 Å². The van der Waals surface area contributed by atoms with Gasteiger partial charge in [0, 0.05) is 6.42 Å². The Labute approximate surface area is 412 Å². The fraction of sp³-hybridized carbons (Fsp3) is 0.947. The maximum Gasteiger partial charge on any atom is 0.268 e. The van der Waals surface area contributed by atoms with Crippen LogP contribution in [0.2, 0.25) is 0 Å². The molecule has 394 valence electrons. The Morgan fingerprint density at radius 3 is 1.18 bits per heavy atom. The van der Waals surface area contributed by atoms with Crippen LogP contribution in [0.5, 0.6) is 0 Å². The summed E-state index contributed by atoms with van der Waals surface area (Å²) in [4.78, 5) is 25.5. The Bertz CT molecular complexity index is 1080. The quantitative estimate of drug-likeness (QED) is 0.0272. The second-order valence-corrected chi connectivity index (χ2v) is 22.8. The van der Waals surface area contributed by atoms with Crippen molar-refractivity contribution < 1.29 is 32.9 Å². The van der Waals surface area contributed by atoms with Crippen LogP contribution in [0, 0.1) is 0 Å². The van der Waals surface area contributed by atoms with Gasteiger partial charge in [-0.05, 0) is 38.5 Å². The molecule has 0 aliphatic carbocycles. The van der Waals surface area contributed by atoms with E-state index in [-0.39, 0.29) is 19.1 Å². The Balaban J connectivity index is 4.09. The highest BCUT2D eigenvalue weighted by Gasteiger charge is 2.24. The number of likely N-dealkylation sites (N-methyl/N-ethyl adjacent to an activating group) is 1. The normalized spacial score (nSPS) is 14.0. The summed E-state index contributed by atoms with van der Waals surface area (Å²) in [5.74, 6) is -0.168. The van der Waals surface area contributed by atoms with E-state index in [9.17, 15) is 19.4 Å². The molecule has 9 heteroatoms. The van der Waals surface area contributed by atoms with Crippen molar-refractivity contribution in [2.24, 2.45) is 0 Å². The number of nitrogens with one attached hydrogen (secondary N) is 1. The standard InChI is InChI=1S/C57H115N2O6P/c1-6-8-10-12-14-16-18-20-22-24-25-26-27-28-29-30-31-32-33-34-35-36-38-40-42-44-46-48-50-56(60)55(54-65-66(62,63)64-53-52-59(3,4)5)58-57(61)51-49-47-45-43-41-39-37-23-21-19-17-15-13-11-9-7-2/h23,37,55-56,60H,6-22,24-36,38-54H2,1-5H3,(H-,58,61,62,63)/b37-23-. The highest BCUT2D eigenvalue weighted by Crippen LogP contribution is 2.38. The molecule has 66 heavy (non-hydrogen) atoms. The Morgan fingerprint density at radius 1 is 0.515 bits per heavy atom. The van der Waals surface area contributed by atoms with Crippen LogP contribution in [0.15, 0.2) is 12.2 Å². The first-order chi connectivity index (χ1) is 32.0. The van der Waals surface area contributed by atoms with Gasteiger partial charge in [0.15, 0.2) is 0 Å². The Morgan fingerprint density at radius 2 is 0.833 bits per heavy atom. The molecule has 0 radical (unpaired) electrons. The molecule has 0 fully saturated rings. The maximum atomic E-state index is 12.9. The summed E-state index contributed by atoms with van der Waals surface area (Å²) < 4.78 is 23.4. The zero-order chi connectivity index (χ0) is 48.5. The van der Waals surface area contributed by atoms with Gasteiger partial charge in [-0.1, -0.05) is 264 Å². The summed E-state index contributed by atoms with van der Waals surface area (Å²) in [6, 6.07) is -0.802. The lowest BCUT2D eigenvalue weighted by Gasteiger charge is -2.30. The van der Waals surface area contributed by atoms with Crippen molar-refractivity contribution in [3.63, 3.8) is 0 Å². The minimum Gasteiger partial charge on any atom is -0.756 e. The summed E-state index contributed by atoms with van der Waals surface area (Å²) >= 11 is 0. The van der Waals surface area contributed by atoms with Crippen molar-refractivity contribution in [2.75, 3.05) is 40.9 Å². The van der Waals surface area contributed by atoms with Crippen LogP contribution >= 0.6 is 7.82 Å². The largest absolute Gasteiger partial charge is 0.756 e. The second-order valence-electron chi connectivity index (χ2n) is 21.4. The van der Waals surface area contributed by atoms with Crippen molar-refractivity contribution in [3.8, 4) is 0 Å². The summed E-state index contributed by atoms with van der Waals surface area (Å²) in [6.45, 7) is 4.75. The van der Waals surface area contributed by atoms with Crippen molar-refractivity contribution in [1.29, 1.82) is 0 Å². The number of aliphatic hydroxyl groups is 1. The van der Waals surface area contributed by atoms with E-state index in [1.807, 2.05) is 21.1 Å². The summed E-state index contributed by atoms with van der Waals surface area (Å²) in [6.07, 6.45) is 59.6. The predicted molar refractivity (Wildman–Crippen MR) is 284 cm³/mol. The van der Waals surface area contributed by atoms with Gasteiger partial charge in [0.25, 0.3) is 7.82 Å². The SMILES string of the molecule is CCCCCCCCC/C=C\CCCCCCCC(=O)NC(COP(=O)([O-])OCC[N+](C)(C)C)C(O)CCCCCCCCCCCCCCCCCCCCCCCCCCCCCC. The Kier molecular flexibility index (Phi) is 48.7. The average molecular weight is 956 g/mol. The van der Waals surface area contributed by atoms with E-state index in [4.69, 9.17) is 9.05 Å². The number of carbonyl (C=O) groups excluding carboxylic acids is 1. The molecule has 0 rings (SSSR count). The number of allylic oxidation sites excluding steroid dienone is 2. The van der Waals surface area contributed by atoms with Gasteiger partial charge in [0.2, 0.25) is 5.91 Å². The first kappa shape index (κ1) is 65.2. The lowest BCUT2D eigenvalue weighted by molar-refractivity contribution is -0.870. The molecule has 1 amide bonds. The van der Waals surface area contributed by atoms with Crippen LogP contribution < -0.4 is 10.2 Å². The third-order valence-corrected chi connectivity index (χ3v) is 14.5. The monoisotopic (exact) mass is 955 g/mol. The van der Waals surface area contributed by atoms with Gasteiger partial charge in [-0.3, -0.25) is 9.36 Å². The summed E-state index contributed by atoms with van der Waals surface area (Å²) in [5, 5.41) is 14.0. The van der Waals surface area contributed by atoms with Gasteiger partial charge in [-0.25, -0.2) is 0 Å². The average Bonchev–Trinajstić information content (AvgIpc) is 3.28. The minimum atomic E-state index is -4.57. The van der Waals surface area contributed by atoms with E-state index in [0.717, 1.165) is 51.4 Å². The smallest absolute Gasteiger partial charge is 0.268 e. The van der Waals surface area contributed by atoms with Crippen LogP contribution in [0.3, 0.4) is 0 Å². The number of phosphoric ester groups is 1. The lowest BCUT2D eigenvalue weighted by atomic mass is 10.0. The van der Waals surface area contributed by atoms with E-state index in [2.05, 4.69) is 31.3 Å². The molecule has 8 nitrogen and oxygen atoms in total. The topological polar surface area (TPSA) is 108 Å². The second kappa shape index (κ2) is 49.2. The van der Waals surface area contributed by atoms with E-state index in [1.54, 1.807) is 0 Å². The first-order valence-electron chi connectivity index (χ1n) is 29.0. The zero-order valence-corrected chi connectivity index (χ0v) is 45.8. The van der Waals surface area contributed by atoms with Gasteiger partial charge in [-0.2, -0.15) is 0 Å². The van der Waals surface area contributed by atoms with Gasteiger partial charge in [0.05, 0.1) is 39.9 Å². The lowest BCUT2D eigenvalue weighted by Crippen LogP contribution is -2.46. The van der Waals surface area contributed by atoms with Gasteiger partial charge in [-0.15, -0.1) is 0 Å². The molecule has 0 saturated heterocycles. The number of aliphatic hydroxyl groups excluding tert-OH is 1. The molecule has 0 saturated carbocycles. The Hall–Kier alpha value is -0.760. The van der Waals surface area contributed by atoms with Crippen LogP contribution in [-0.2, 0) is 18.4 Å². The van der Waals surface area contributed by atoms with Crippen molar-refractivity contribution >= 4 is 13.7 Å². The number of hydrogen-bond acceptors (Lipinski definition) is 6.